The van der Waals surface area contributed by atoms with Crippen molar-refractivity contribution in [2.75, 3.05) is 6.61 Å². The SMILES string of the molecule is O=C1OCC(c2ccc(S)cc2)=C1I. The molecule has 0 spiro atoms. The molecule has 1 aliphatic rings. The predicted molar refractivity (Wildman–Crippen MR) is 65.6 cm³/mol. The van der Waals surface area contributed by atoms with E-state index in [4.69, 9.17) is 4.74 Å². The van der Waals surface area contributed by atoms with Gasteiger partial charge in [-0.3, -0.25) is 0 Å². The van der Waals surface area contributed by atoms with Crippen LogP contribution in [0.15, 0.2) is 32.7 Å². The van der Waals surface area contributed by atoms with Gasteiger partial charge in [0.2, 0.25) is 0 Å². The molecule has 2 rings (SSSR count). The van der Waals surface area contributed by atoms with Crippen LogP contribution in [-0.4, -0.2) is 12.6 Å². The number of hydrogen-bond acceptors (Lipinski definition) is 3. The Labute approximate surface area is 101 Å². The normalized spacial score (nSPS) is 16.0. The van der Waals surface area contributed by atoms with Crippen LogP contribution in [0.2, 0.25) is 0 Å². The monoisotopic (exact) mass is 318 g/mol. The maximum Gasteiger partial charge on any atom is 0.345 e. The lowest BCUT2D eigenvalue weighted by Crippen LogP contribution is -1.93. The predicted octanol–water partition coefficient (Wildman–Crippen LogP) is 2.68. The second-order valence-electron chi connectivity index (χ2n) is 2.92. The lowest BCUT2D eigenvalue weighted by Gasteiger charge is -2.00. The summed E-state index contributed by atoms with van der Waals surface area (Å²) in [7, 11) is 0. The van der Waals surface area contributed by atoms with Crippen LogP contribution in [0.4, 0.5) is 0 Å². The van der Waals surface area contributed by atoms with Gasteiger partial charge in [0, 0.05) is 10.5 Å². The fraction of sp³-hybridized carbons (Fsp3) is 0.100. The molecular weight excluding hydrogens is 311 g/mol. The van der Waals surface area contributed by atoms with Gasteiger partial charge in [0.1, 0.15) is 10.2 Å². The zero-order chi connectivity index (χ0) is 10.1. The number of esters is 1. The van der Waals surface area contributed by atoms with Crippen LogP contribution in [0.5, 0.6) is 0 Å². The summed E-state index contributed by atoms with van der Waals surface area (Å²) in [6.45, 7) is 0.378. The minimum absolute atomic E-state index is 0.226. The molecule has 0 amide bonds. The standard InChI is InChI=1S/C10H7IO2S/c11-9-8(5-13-10(9)12)6-1-3-7(14)4-2-6/h1-4,14H,5H2. The van der Waals surface area contributed by atoms with Gasteiger partial charge in [0.25, 0.3) is 0 Å². The summed E-state index contributed by atoms with van der Waals surface area (Å²) in [5.74, 6) is -0.226. The molecule has 0 fully saturated rings. The summed E-state index contributed by atoms with van der Waals surface area (Å²) in [5.41, 5.74) is 1.99. The van der Waals surface area contributed by atoms with E-state index in [1.807, 2.05) is 46.9 Å². The molecule has 1 heterocycles. The van der Waals surface area contributed by atoms with Crippen molar-refractivity contribution in [3.8, 4) is 0 Å². The topological polar surface area (TPSA) is 26.3 Å². The van der Waals surface area contributed by atoms with E-state index in [2.05, 4.69) is 12.6 Å². The molecule has 0 saturated carbocycles. The number of benzene rings is 1. The lowest BCUT2D eigenvalue weighted by molar-refractivity contribution is -0.134. The van der Waals surface area contributed by atoms with Crippen molar-refractivity contribution in [3.05, 3.63) is 33.4 Å². The first-order chi connectivity index (χ1) is 6.68. The summed E-state index contributed by atoms with van der Waals surface area (Å²) in [5, 5.41) is 0. The van der Waals surface area contributed by atoms with E-state index < -0.39 is 0 Å². The van der Waals surface area contributed by atoms with Gasteiger partial charge in [0.15, 0.2) is 0 Å². The quantitative estimate of drug-likeness (QED) is 0.489. The number of thiol groups is 1. The number of hydrogen-bond donors (Lipinski definition) is 1. The van der Waals surface area contributed by atoms with Gasteiger partial charge in [-0.25, -0.2) is 4.79 Å². The van der Waals surface area contributed by atoms with Crippen LogP contribution >= 0.6 is 35.2 Å². The van der Waals surface area contributed by atoms with Gasteiger partial charge in [0.05, 0.1) is 0 Å². The van der Waals surface area contributed by atoms with Crippen molar-refractivity contribution in [1.29, 1.82) is 0 Å². The number of rotatable bonds is 1. The van der Waals surface area contributed by atoms with Crippen LogP contribution < -0.4 is 0 Å². The molecule has 0 saturated heterocycles. The lowest BCUT2D eigenvalue weighted by atomic mass is 10.1. The van der Waals surface area contributed by atoms with E-state index in [0.717, 1.165) is 16.0 Å². The van der Waals surface area contributed by atoms with Crippen LogP contribution in [0.1, 0.15) is 5.56 Å². The molecule has 2 nitrogen and oxygen atoms in total. The molecule has 0 aliphatic carbocycles. The molecule has 1 aliphatic heterocycles. The van der Waals surface area contributed by atoms with Crippen molar-refractivity contribution >= 4 is 46.8 Å². The molecule has 0 bridgehead atoms. The minimum atomic E-state index is -0.226. The summed E-state index contributed by atoms with van der Waals surface area (Å²) in [6, 6.07) is 7.69. The molecule has 0 atom stereocenters. The molecule has 4 heteroatoms. The summed E-state index contributed by atoms with van der Waals surface area (Å²) >= 11 is 6.22. The largest absolute Gasteiger partial charge is 0.457 e. The number of ether oxygens (including phenoxy) is 1. The molecule has 1 aromatic rings. The number of carbonyl (C=O) groups is 1. The summed E-state index contributed by atoms with van der Waals surface area (Å²) < 4.78 is 5.60. The first kappa shape index (κ1) is 10.0. The van der Waals surface area contributed by atoms with Crippen LogP contribution in [0.25, 0.3) is 5.57 Å². The number of carbonyl (C=O) groups excluding carboxylic acids is 1. The molecule has 0 aromatic heterocycles. The van der Waals surface area contributed by atoms with Crippen LogP contribution in [-0.2, 0) is 9.53 Å². The van der Waals surface area contributed by atoms with E-state index in [1.165, 1.54) is 0 Å². The zero-order valence-electron chi connectivity index (χ0n) is 7.16. The van der Waals surface area contributed by atoms with Crippen molar-refractivity contribution < 1.29 is 9.53 Å². The average molecular weight is 318 g/mol. The van der Waals surface area contributed by atoms with E-state index in [-0.39, 0.29) is 5.97 Å². The third-order valence-electron chi connectivity index (χ3n) is 2.01. The van der Waals surface area contributed by atoms with Crippen molar-refractivity contribution in [3.63, 3.8) is 0 Å². The highest BCUT2D eigenvalue weighted by atomic mass is 127. The van der Waals surface area contributed by atoms with Crippen molar-refractivity contribution in [2.45, 2.75) is 4.90 Å². The maximum absolute atomic E-state index is 11.1. The van der Waals surface area contributed by atoms with Crippen LogP contribution in [0, 0.1) is 0 Å². The fourth-order valence-electron chi connectivity index (χ4n) is 1.26. The molecule has 14 heavy (non-hydrogen) atoms. The van der Waals surface area contributed by atoms with Crippen molar-refractivity contribution in [1.82, 2.24) is 0 Å². The molecule has 0 unspecified atom stereocenters. The highest BCUT2D eigenvalue weighted by molar-refractivity contribution is 14.1. The molecule has 72 valence electrons. The maximum atomic E-state index is 11.1. The smallest absolute Gasteiger partial charge is 0.345 e. The Morgan fingerprint density at radius 3 is 2.43 bits per heavy atom. The first-order valence-corrected chi connectivity index (χ1v) is 5.56. The third-order valence-corrected chi connectivity index (χ3v) is 3.40. The first-order valence-electron chi connectivity index (χ1n) is 4.03. The van der Waals surface area contributed by atoms with E-state index in [0.29, 0.717) is 10.2 Å². The van der Waals surface area contributed by atoms with Gasteiger partial charge >= 0.3 is 5.97 Å². The molecule has 0 radical (unpaired) electrons. The van der Waals surface area contributed by atoms with Crippen molar-refractivity contribution in [2.24, 2.45) is 0 Å². The highest BCUT2D eigenvalue weighted by Gasteiger charge is 2.23. The number of halogens is 1. The highest BCUT2D eigenvalue weighted by Crippen LogP contribution is 2.30. The van der Waals surface area contributed by atoms with E-state index >= 15 is 0 Å². The fourth-order valence-corrected chi connectivity index (χ4v) is 2.03. The molecular formula is C10H7IO2S. The van der Waals surface area contributed by atoms with Crippen LogP contribution in [0.3, 0.4) is 0 Å². The Hall–Kier alpha value is -0.490. The van der Waals surface area contributed by atoms with Gasteiger partial charge in [-0.15, -0.1) is 12.6 Å². The Morgan fingerprint density at radius 1 is 1.29 bits per heavy atom. The molecule has 1 aromatic carbocycles. The Kier molecular flexibility index (Phi) is 2.83. The second kappa shape index (κ2) is 3.94. The van der Waals surface area contributed by atoms with E-state index in [9.17, 15) is 4.79 Å². The zero-order valence-corrected chi connectivity index (χ0v) is 10.2. The Bertz CT molecular complexity index is 409. The summed E-state index contributed by atoms with van der Waals surface area (Å²) in [6.07, 6.45) is 0. The average Bonchev–Trinajstić information content (AvgIpc) is 2.50. The minimum Gasteiger partial charge on any atom is -0.457 e. The van der Waals surface area contributed by atoms with Gasteiger partial charge in [-0.2, -0.15) is 0 Å². The van der Waals surface area contributed by atoms with E-state index in [1.54, 1.807) is 0 Å². The van der Waals surface area contributed by atoms with Gasteiger partial charge < -0.3 is 4.74 Å². The number of cyclic esters (lactones) is 1. The van der Waals surface area contributed by atoms with Gasteiger partial charge in [-0.1, -0.05) is 12.1 Å². The summed E-state index contributed by atoms with van der Waals surface area (Å²) in [4.78, 5) is 12.0. The molecule has 0 N–H and O–H groups in total. The second-order valence-corrected chi connectivity index (χ2v) is 4.51. The Balaban J connectivity index is 2.41. The Morgan fingerprint density at radius 2 is 1.93 bits per heavy atom. The third kappa shape index (κ3) is 1.81. The van der Waals surface area contributed by atoms with Gasteiger partial charge in [-0.05, 0) is 40.3 Å².